The Labute approximate surface area is 113 Å². The number of thiophene rings is 1. The quantitative estimate of drug-likeness (QED) is 0.720. The highest BCUT2D eigenvalue weighted by Crippen LogP contribution is 2.25. The van der Waals surface area contributed by atoms with E-state index in [1.807, 2.05) is 26.8 Å². The number of fused-ring (bicyclic) bond motifs is 1. The molecule has 3 aromatic heterocycles. The van der Waals surface area contributed by atoms with Gasteiger partial charge in [-0.05, 0) is 26.3 Å². The lowest BCUT2D eigenvalue weighted by Crippen LogP contribution is -2.20. The number of hydrogen-bond donors (Lipinski definition) is 0. The van der Waals surface area contributed by atoms with Crippen molar-refractivity contribution in [3.8, 4) is 0 Å². The topological polar surface area (TPSA) is 60.9 Å². The molecule has 3 aromatic rings. The van der Waals surface area contributed by atoms with Crippen molar-refractivity contribution in [3.05, 3.63) is 44.6 Å². The van der Waals surface area contributed by atoms with Gasteiger partial charge >= 0.3 is 0 Å². The van der Waals surface area contributed by atoms with E-state index in [-0.39, 0.29) is 5.56 Å². The van der Waals surface area contributed by atoms with E-state index in [2.05, 4.69) is 10.1 Å². The Morgan fingerprint density at radius 1 is 1.37 bits per heavy atom. The van der Waals surface area contributed by atoms with Gasteiger partial charge in [0, 0.05) is 10.9 Å². The smallest absolute Gasteiger partial charge is 0.262 e. The first-order chi connectivity index (χ1) is 9.06. The minimum atomic E-state index is -0.0269. The van der Waals surface area contributed by atoms with Crippen LogP contribution in [0.4, 0.5) is 0 Å². The molecule has 0 aliphatic heterocycles. The third-order valence-corrected chi connectivity index (χ3v) is 4.27. The molecule has 0 amide bonds. The Kier molecular flexibility index (Phi) is 2.74. The fourth-order valence-corrected chi connectivity index (χ4v) is 3.03. The van der Waals surface area contributed by atoms with E-state index >= 15 is 0 Å². The van der Waals surface area contributed by atoms with Crippen LogP contribution in [0.5, 0.6) is 0 Å². The number of hydrogen-bond acceptors (Lipinski definition) is 5. The van der Waals surface area contributed by atoms with Crippen molar-refractivity contribution in [1.29, 1.82) is 0 Å². The van der Waals surface area contributed by atoms with E-state index in [1.165, 1.54) is 0 Å². The van der Waals surface area contributed by atoms with Crippen molar-refractivity contribution in [2.75, 3.05) is 0 Å². The van der Waals surface area contributed by atoms with E-state index in [9.17, 15) is 4.79 Å². The summed E-state index contributed by atoms with van der Waals surface area (Å²) in [6.45, 7) is 6.17. The molecule has 0 atom stereocenters. The number of aryl methyl sites for hydroxylation is 3. The summed E-state index contributed by atoms with van der Waals surface area (Å²) in [7, 11) is 0. The first-order valence-corrected chi connectivity index (χ1v) is 6.75. The van der Waals surface area contributed by atoms with Crippen LogP contribution < -0.4 is 5.56 Å². The average molecular weight is 275 g/mol. The molecular formula is C13H13N3O2S. The van der Waals surface area contributed by atoms with Crippen LogP contribution in [0.1, 0.15) is 21.9 Å². The molecule has 0 spiro atoms. The van der Waals surface area contributed by atoms with Crippen LogP contribution in [0.3, 0.4) is 0 Å². The van der Waals surface area contributed by atoms with Crippen LogP contribution in [0.15, 0.2) is 21.7 Å². The lowest BCUT2D eigenvalue weighted by molar-refractivity contribution is 0.371. The summed E-state index contributed by atoms with van der Waals surface area (Å²) in [5, 5.41) is 4.53. The van der Waals surface area contributed by atoms with Crippen molar-refractivity contribution in [1.82, 2.24) is 14.7 Å². The van der Waals surface area contributed by atoms with Gasteiger partial charge in [0.25, 0.3) is 5.56 Å². The van der Waals surface area contributed by atoms with Crippen molar-refractivity contribution < 1.29 is 4.52 Å². The predicted molar refractivity (Wildman–Crippen MR) is 73.7 cm³/mol. The summed E-state index contributed by atoms with van der Waals surface area (Å²) in [6.07, 6.45) is 1.57. The van der Waals surface area contributed by atoms with Crippen molar-refractivity contribution in [2.45, 2.75) is 27.3 Å². The molecule has 0 aromatic carbocycles. The first kappa shape index (κ1) is 12.1. The second-order valence-corrected chi connectivity index (χ2v) is 5.78. The number of nitrogens with zero attached hydrogens (tertiary/aromatic N) is 3. The minimum absolute atomic E-state index is 0.0269. The lowest BCUT2D eigenvalue weighted by atomic mass is 10.2. The Morgan fingerprint density at radius 3 is 2.84 bits per heavy atom. The summed E-state index contributed by atoms with van der Waals surface area (Å²) in [5.74, 6) is 0.658. The van der Waals surface area contributed by atoms with Gasteiger partial charge in [-0.15, -0.1) is 11.3 Å². The molecule has 19 heavy (non-hydrogen) atoms. The molecule has 3 heterocycles. The lowest BCUT2D eigenvalue weighted by Gasteiger charge is -2.02. The zero-order valence-electron chi connectivity index (χ0n) is 10.9. The minimum Gasteiger partial charge on any atom is -0.359 e. The highest BCUT2D eigenvalue weighted by atomic mass is 32.1. The third-order valence-electron chi connectivity index (χ3n) is 3.16. The molecule has 0 unspecified atom stereocenters. The molecule has 98 valence electrons. The molecule has 5 nitrogen and oxygen atoms in total. The fraction of sp³-hybridized carbons (Fsp3) is 0.308. The molecule has 0 saturated heterocycles. The molecule has 6 heteroatoms. The zero-order valence-corrected chi connectivity index (χ0v) is 11.7. The fourth-order valence-electron chi connectivity index (χ4n) is 2.04. The van der Waals surface area contributed by atoms with Crippen LogP contribution in [-0.4, -0.2) is 14.7 Å². The second kappa shape index (κ2) is 4.31. The first-order valence-electron chi connectivity index (χ1n) is 5.93. The van der Waals surface area contributed by atoms with Crippen molar-refractivity contribution >= 4 is 21.6 Å². The van der Waals surface area contributed by atoms with Crippen LogP contribution in [0.25, 0.3) is 10.2 Å². The Bertz CT molecular complexity index is 813. The highest BCUT2D eigenvalue weighted by Gasteiger charge is 2.13. The number of aromatic nitrogens is 3. The van der Waals surface area contributed by atoms with Crippen LogP contribution >= 0.6 is 11.3 Å². The van der Waals surface area contributed by atoms with Gasteiger partial charge in [0.05, 0.1) is 24.0 Å². The maximum Gasteiger partial charge on any atom is 0.262 e. The van der Waals surface area contributed by atoms with Gasteiger partial charge in [-0.2, -0.15) is 0 Å². The van der Waals surface area contributed by atoms with Crippen molar-refractivity contribution in [2.24, 2.45) is 0 Å². The van der Waals surface area contributed by atoms with E-state index in [0.29, 0.717) is 17.7 Å². The van der Waals surface area contributed by atoms with Gasteiger partial charge in [0.1, 0.15) is 4.83 Å². The zero-order chi connectivity index (χ0) is 13.6. The average Bonchev–Trinajstić information content (AvgIpc) is 2.89. The highest BCUT2D eigenvalue weighted by molar-refractivity contribution is 7.18. The van der Waals surface area contributed by atoms with Gasteiger partial charge in [0.15, 0.2) is 5.76 Å². The molecule has 0 radical (unpaired) electrons. The maximum absolute atomic E-state index is 12.4. The van der Waals surface area contributed by atoms with E-state index in [0.717, 1.165) is 21.0 Å². The molecule has 0 saturated carbocycles. The normalized spacial score (nSPS) is 11.3. The summed E-state index contributed by atoms with van der Waals surface area (Å²) in [4.78, 5) is 18.7. The van der Waals surface area contributed by atoms with Crippen molar-refractivity contribution in [3.63, 3.8) is 0 Å². The van der Waals surface area contributed by atoms with Gasteiger partial charge < -0.3 is 4.52 Å². The van der Waals surface area contributed by atoms with Crippen LogP contribution in [0.2, 0.25) is 0 Å². The Hall–Kier alpha value is -1.95. The van der Waals surface area contributed by atoms with E-state index in [4.69, 9.17) is 4.52 Å². The van der Waals surface area contributed by atoms with Crippen LogP contribution in [-0.2, 0) is 6.54 Å². The molecule has 0 N–H and O–H groups in total. The van der Waals surface area contributed by atoms with Gasteiger partial charge in [0.2, 0.25) is 0 Å². The molecule has 0 aliphatic rings. The predicted octanol–water partition coefficient (Wildman–Crippen LogP) is 2.42. The molecular weight excluding hydrogens is 262 g/mol. The Balaban J connectivity index is 2.12. The summed E-state index contributed by atoms with van der Waals surface area (Å²) >= 11 is 1.55. The van der Waals surface area contributed by atoms with E-state index in [1.54, 1.807) is 22.2 Å². The third kappa shape index (κ3) is 1.98. The largest absolute Gasteiger partial charge is 0.359 e. The molecule has 0 aliphatic carbocycles. The molecule has 0 bridgehead atoms. The monoisotopic (exact) mass is 275 g/mol. The second-order valence-electron chi connectivity index (χ2n) is 4.58. The summed E-state index contributed by atoms with van der Waals surface area (Å²) in [6, 6.07) is 1.82. The van der Waals surface area contributed by atoms with Gasteiger partial charge in [-0.25, -0.2) is 4.98 Å². The molecule has 0 fully saturated rings. The number of rotatable bonds is 2. The van der Waals surface area contributed by atoms with Gasteiger partial charge in [-0.1, -0.05) is 5.16 Å². The summed E-state index contributed by atoms with van der Waals surface area (Å²) in [5.41, 5.74) is 1.79. The van der Waals surface area contributed by atoms with E-state index < -0.39 is 0 Å². The van der Waals surface area contributed by atoms with Gasteiger partial charge in [-0.3, -0.25) is 9.36 Å². The maximum atomic E-state index is 12.4. The SMILES string of the molecule is Cc1cc(Cn2cnc3sc(C)c(C)c3c2=O)on1. The van der Waals surface area contributed by atoms with Crippen LogP contribution in [0, 0.1) is 20.8 Å². The summed E-state index contributed by atoms with van der Waals surface area (Å²) < 4.78 is 6.69. The standard InChI is InChI=1S/C13H13N3O2S/c1-7-4-10(18-15-7)5-16-6-14-12-11(13(16)17)8(2)9(3)19-12/h4,6H,5H2,1-3H3. The molecule has 3 rings (SSSR count). The Morgan fingerprint density at radius 2 is 2.16 bits per heavy atom.